The van der Waals surface area contributed by atoms with Gasteiger partial charge in [0.05, 0.1) is 6.89 Å². The quantitative estimate of drug-likeness (QED) is 0.657. The third-order valence-electron chi connectivity index (χ3n) is 2.01. The first-order valence-corrected chi connectivity index (χ1v) is 4.12. The van der Waals surface area contributed by atoms with Crippen LogP contribution in [0, 0.1) is 0 Å². The zero-order valence-corrected chi connectivity index (χ0v) is 7.58. The molecule has 0 radical (unpaired) electrons. The number of fused-ring (bicyclic) bond motifs is 1. The Hall–Kier alpha value is -1.38. The molecular formula is C10H11FN2. The highest BCUT2D eigenvalue weighted by Crippen LogP contribution is 2.24. The summed E-state index contributed by atoms with van der Waals surface area (Å²) in [6, 6.07) is 3.76. The SMILES string of the molecule is [2H]c1cnn2cc(C(C)(C)F)ccc12. The van der Waals surface area contributed by atoms with Crippen LogP contribution < -0.4 is 0 Å². The van der Waals surface area contributed by atoms with Crippen LogP contribution in [0.25, 0.3) is 5.52 Å². The second kappa shape index (κ2) is 2.55. The lowest BCUT2D eigenvalue weighted by molar-refractivity contribution is 0.220. The van der Waals surface area contributed by atoms with E-state index in [4.69, 9.17) is 1.37 Å². The first kappa shape index (κ1) is 7.06. The van der Waals surface area contributed by atoms with E-state index in [-0.39, 0.29) is 0 Å². The van der Waals surface area contributed by atoms with Gasteiger partial charge in [0.25, 0.3) is 0 Å². The van der Waals surface area contributed by atoms with Gasteiger partial charge in [0.2, 0.25) is 0 Å². The molecule has 2 aromatic rings. The Labute approximate surface area is 77.4 Å². The average Bonchev–Trinajstić information content (AvgIpc) is 2.46. The molecule has 0 atom stereocenters. The number of aromatic nitrogens is 2. The fourth-order valence-electron chi connectivity index (χ4n) is 1.21. The Morgan fingerprint density at radius 2 is 2.31 bits per heavy atom. The van der Waals surface area contributed by atoms with Crippen molar-refractivity contribution >= 4 is 5.52 Å². The zero-order chi connectivity index (χ0) is 10.3. The molecule has 2 nitrogen and oxygen atoms in total. The summed E-state index contributed by atoms with van der Waals surface area (Å²) in [7, 11) is 0. The summed E-state index contributed by atoms with van der Waals surface area (Å²) in [4.78, 5) is 0. The minimum absolute atomic E-state index is 0.355. The van der Waals surface area contributed by atoms with Gasteiger partial charge in [-0.15, -0.1) is 0 Å². The molecule has 0 aliphatic rings. The molecule has 13 heavy (non-hydrogen) atoms. The predicted octanol–water partition coefficient (Wildman–Crippen LogP) is 2.54. The van der Waals surface area contributed by atoms with Gasteiger partial charge < -0.3 is 0 Å². The van der Waals surface area contributed by atoms with Crippen LogP contribution in [0.5, 0.6) is 0 Å². The summed E-state index contributed by atoms with van der Waals surface area (Å²) < 4.78 is 22.6. The van der Waals surface area contributed by atoms with Crippen LogP contribution in [0.15, 0.2) is 30.6 Å². The molecule has 0 aliphatic carbocycles. The van der Waals surface area contributed by atoms with E-state index in [1.807, 2.05) is 0 Å². The van der Waals surface area contributed by atoms with Crippen molar-refractivity contribution in [2.24, 2.45) is 0 Å². The van der Waals surface area contributed by atoms with E-state index in [0.717, 1.165) is 0 Å². The average molecular weight is 179 g/mol. The van der Waals surface area contributed by atoms with Gasteiger partial charge in [0, 0.05) is 18.0 Å². The van der Waals surface area contributed by atoms with Crippen LogP contribution in [0.1, 0.15) is 20.8 Å². The number of rotatable bonds is 1. The van der Waals surface area contributed by atoms with Crippen LogP contribution >= 0.6 is 0 Å². The number of hydrogen-bond donors (Lipinski definition) is 0. The van der Waals surface area contributed by atoms with Crippen molar-refractivity contribution in [1.82, 2.24) is 9.61 Å². The maximum Gasteiger partial charge on any atom is 0.131 e. The molecule has 0 saturated heterocycles. The lowest BCUT2D eigenvalue weighted by atomic mass is 10.0. The van der Waals surface area contributed by atoms with Gasteiger partial charge in [0.1, 0.15) is 5.67 Å². The van der Waals surface area contributed by atoms with E-state index < -0.39 is 5.67 Å². The van der Waals surface area contributed by atoms with E-state index in [0.29, 0.717) is 17.1 Å². The van der Waals surface area contributed by atoms with Crippen molar-refractivity contribution in [3.05, 3.63) is 36.1 Å². The van der Waals surface area contributed by atoms with Gasteiger partial charge in [-0.3, -0.25) is 0 Å². The van der Waals surface area contributed by atoms with Gasteiger partial charge in [-0.05, 0) is 26.0 Å². The summed E-state index contributed by atoms with van der Waals surface area (Å²) in [5.74, 6) is 0. The molecule has 0 fully saturated rings. The Morgan fingerprint density at radius 3 is 3.00 bits per heavy atom. The van der Waals surface area contributed by atoms with Crippen LogP contribution in [-0.4, -0.2) is 9.61 Å². The monoisotopic (exact) mass is 179 g/mol. The lowest BCUT2D eigenvalue weighted by Crippen LogP contribution is -2.10. The molecule has 0 unspecified atom stereocenters. The summed E-state index contributed by atoms with van der Waals surface area (Å²) in [5, 5.41) is 3.95. The van der Waals surface area contributed by atoms with E-state index in [1.54, 1.807) is 18.3 Å². The Balaban J connectivity index is 2.63. The van der Waals surface area contributed by atoms with Crippen molar-refractivity contribution < 1.29 is 5.76 Å². The first-order valence-electron chi connectivity index (χ1n) is 4.62. The summed E-state index contributed by atoms with van der Waals surface area (Å²) in [6.07, 6.45) is 3.07. The number of pyridine rings is 1. The molecule has 0 aromatic carbocycles. The van der Waals surface area contributed by atoms with Crippen molar-refractivity contribution in [2.75, 3.05) is 0 Å². The molecule has 2 heterocycles. The summed E-state index contributed by atoms with van der Waals surface area (Å²) in [5.41, 5.74) is -0.117. The zero-order valence-electron chi connectivity index (χ0n) is 8.58. The molecule has 0 N–H and O–H groups in total. The van der Waals surface area contributed by atoms with Crippen molar-refractivity contribution in [1.29, 1.82) is 0 Å². The molecule has 0 spiro atoms. The number of nitrogens with zero attached hydrogens (tertiary/aromatic N) is 2. The van der Waals surface area contributed by atoms with E-state index in [2.05, 4.69) is 5.10 Å². The van der Waals surface area contributed by atoms with Crippen molar-refractivity contribution in [2.45, 2.75) is 19.5 Å². The highest BCUT2D eigenvalue weighted by molar-refractivity contribution is 5.46. The largest absolute Gasteiger partial charge is 0.241 e. The predicted molar refractivity (Wildman–Crippen MR) is 49.3 cm³/mol. The standard InChI is InChI=1S/C10H11FN2/c1-10(2,11)8-3-4-9-5-6-12-13(9)7-8/h3-7H,1-2H3/i5D. The van der Waals surface area contributed by atoms with Crippen LogP contribution in [0.4, 0.5) is 4.39 Å². The van der Waals surface area contributed by atoms with Gasteiger partial charge >= 0.3 is 0 Å². The minimum Gasteiger partial charge on any atom is -0.241 e. The normalized spacial score (nSPS) is 13.3. The van der Waals surface area contributed by atoms with Crippen LogP contribution in [0.2, 0.25) is 0 Å². The smallest absolute Gasteiger partial charge is 0.131 e. The van der Waals surface area contributed by atoms with Crippen LogP contribution in [-0.2, 0) is 5.67 Å². The molecule has 0 bridgehead atoms. The Bertz CT molecular complexity index is 470. The second-order valence-corrected chi connectivity index (χ2v) is 3.51. The molecule has 0 aliphatic heterocycles. The molecule has 2 aromatic heterocycles. The van der Waals surface area contributed by atoms with Gasteiger partial charge in [-0.1, -0.05) is 6.07 Å². The van der Waals surface area contributed by atoms with Crippen LogP contribution in [0.3, 0.4) is 0 Å². The fraction of sp³-hybridized carbons (Fsp3) is 0.300. The first-order chi connectivity index (χ1) is 6.48. The number of alkyl halides is 1. The summed E-state index contributed by atoms with van der Waals surface area (Å²) in [6.45, 7) is 3.00. The van der Waals surface area contributed by atoms with Crippen molar-refractivity contribution in [3.63, 3.8) is 0 Å². The molecule has 0 amide bonds. The summed E-state index contributed by atoms with van der Waals surface area (Å²) >= 11 is 0. The maximum absolute atomic E-state index is 13.6. The second-order valence-electron chi connectivity index (χ2n) is 3.51. The molecule has 2 rings (SSSR count). The van der Waals surface area contributed by atoms with Gasteiger partial charge in [-0.2, -0.15) is 5.10 Å². The van der Waals surface area contributed by atoms with E-state index in [9.17, 15) is 4.39 Å². The van der Waals surface area contributed by atoms with Gasteiger partial charge in [-0.25, -0.2) is 8.91 Å². The van der Waals surface area contributed by atoms with Crippen molar-refractivity contribution in [3.8, 4) is 0 Å². The lowest BCUT2D eigenvalue weighted by Gasteiger charge is -2.14. The topological polar surface area (TPSA) is 17.3 Å². The Morgan fingerprint density at radius 1 is 1.54 bits per heavy atom. The molecule has 68 valence electrons. The van der Waals surface area contributed by atoms with E-state index >= 15 is 0 Å². The molecule has 0 saturated carbocycles. The highest BCUT2D eigenvalue weighted by Gasteiger charge is 2.18. The Kier molecular flexibility index (Phi) is 1.39. The fourth-order valence-corrected chi connectivity index (χ4v) is 1.21. The number of halogens is 1. The molecule has 3 heteroatoms. The maximum atomic E-state index is 13.6. The highest BCUT2D eigenvalue weighted by atomic mass is 19.1. The van der Waals surface area contributed by atoms with Gasteiger partial charge in [0.15, 0.2) is 0 Å². The third kappa shape index (κ3) is 1.41. The molecular weight excluding hydrogens is 167 g/mol. The van der Waals surface area contributed by atoms with E-state index in [1.165, 1.54) is 24.6 Å². The third-order valence-corrected chi connectivity index (χ3v) is 2.01. The number of hydrogen-bond acceptors (Lipinski definition) is 1. The minimum atomic E-state index is -1.37.